The van der Waals surface area contributed by atoms with Crippen LogP contribution in [0.15, 0.2) is 6.20 Å². The Morgan fingerprint density at radius 2 is 2.24 bits per heavy atom. The van der Waals surface area contributed by atoms with E-state index >= 15 is 0 Å². The summed E-state index contributed by atoms with van der Waals surface area (Å²) >= 11 is 0. The summed E-state index contributed by atoms with van der Waals surface area (Å²) in [5.74, 6) is 0. The van der Waals surface area contributed by atoms with Gasteiger partial charge in [-0.25, -0.2) is 0 Å². The first kappa shape index (κ1) is 12.5. The maximum absolute atomic E-state index is 8.74. The summed E-state index contributed by atoms with van der Waals surface area (Å²) in [5.41, 5.74) is 1.27. The van der Waals surface area contributed by atoms with Crippen molar-refractivity contribution < 1.29 is 5.11 Å². The van der Waals surface area contributed by atoms with Gasteiger partial charge < -0.3 is 10.4 Å². The SMILES string of the molecule is CC1(NCc2cn(CCCO)nn2)CCCC1. The molecule has 1 aromatic heterocycles. The summed E-state index contributed by atoms with van der Waals surface area (Å²) in [6, 6.07) is 0. The van der Waals surface area contributed by atoms with Gasteiger partial charge in [0.2, 0.25) is 0 Å². The van der Waals surface area contributed by atoms with Crippen LogP contribution in [0.3, 0.4) is 0 Å². The molecule has 1 fully saturated rings. The van der Waals surface area contributed by atoms with Gasteiger partial charge in [-0.05, 0) is 26.2 Å². The molecule has 1 aliphatic carbocycles. The first-order valence-electron chi connectivity index (χ1n) is 6.47. The fourth-order valence-corrected chi connectivity index (χ4v) is 2.40. The van der Waals surface area contributed by atoms with E-state index in [0.29, 0.717) is 0 Å². The molecule has 0 bridgehead atoms. The van der Waals surface area contributed by atoms with Gasteiger partial charge in [0.05, 0.1) is 5.69 Å². The predicted octanol–water partition coefficient (Wildman–Crippen LogP) is 1.08. The summed E-state index contributed by atoms with van der Waals surface area (Å²) in [4.78, 5) is 0. The predicted molar refractivity (Wildman–Crippen MR) is 65.4 cm³/mol. The Bertz CT molecular complexity index is 344. The number of aryl methyl sites for hydroxylation is 1. The van der Waals surface area contributed by atoms with Crippen molar-refractivity contribution in [2.24, 2.45) is 0 Å². The monoisotopic (exact) mass is 238 g/mol. The van der Waals surface area contributed by atoms with Gasteiger partial charge in [-0.3, -0.25) is 4.68 Å². The molecular weight excluding hydrogens is 216 g/mol. The Balaban J connectivity index is 1.80. The third-order valence-corrected chi connectivity index (χ3v) is 3.53. The Morgan fingerprint density at radius 1 is 1.47 bits per heavy atom. The molecule has 0 saturated heterocycles. The van der Waals surface area contributed by atoms with E-state index in [0.717, 1.165) is 25.2 Å². The normalized spacial score (nSPS) is 18.7. The fourth-order valence-electron chi connectivity index (χ4n) is 2.40. The van der Waals surface area contributed by atoms with Crippen molar-refractivity contribution in [3.63, 3.8) is 0 Å². The molecule has 1 aromatic rings. The van der Waals surface area contributed by atoms with Crippen LogP contribution in [-0.4, -0.2) is 32.2 Å². The minimum atomic E-state index is 0.200. The minimum Gasteiger partial charge on any atom is -0.396 e. The number of aliphatic hydroxyl groups is 1. The van der Waals surface area contributed by atoms with Crippen LogP contribution in [0.1, 0.15) is 44.7 Å². The lowest BCUT2D eigenvalue weighted by Crippen LogP contribution is -2.38. The van der Waals surface area contributed by atoms with Crippen molar-refractivity contribution >= 4 is 0 Å². The third-order valence-electron chi connectivity index (χ3n) is 3.53. The van der Waals surface area contributed by atoms with E-state index in [1.807, 2.05) is 6.20 Å². The first-order valence-corrected chi connectivity index (χ1v) is 6.47. The molecule has 17 heavy (non-hydrogen) atoms. The smallest absolute Gasteiger partial charge is 0.0965 e. The Hall–Kier alpha value is -0.940. The summed E-state index contributed by atoms with van der Waals surface area (Å²) in [5, 5.41) is 20.5. The molecule has 1 heterocycles. The van der Waals surface area contributed by atoms with Crippen molar-refractivity contribution in [3.05, 3.63) is 11.9 Å². The Kier molecular flexibility index (Phi) is 4.12. The quantitative estimate of drug-likeness (QED) is 0.778. The zero-order valence-corrected chi connectivity index (χ0v) is 10.5. The van der Waals surface area contributed by atoms with Crippen LogP contribution in [0.4, 0.5) is 0 Å². The van der Waals surface area contributed by atoms with Gasteiger partial charge in [0.25, 0.3) is 0 Å². The molecule has 1 saturated carbocycles. The van der Waals surface area contributed by atoms with E-state index < -0.39 is 0 Å². The van der Waals surface area contributed by atoms with Gasteiger partial charge in [0.15, 0.2) is 0 Å². The number of nitrogens with one attached hydrogen (secondary N) is 1. The molecule has 0 radical (unpaired) electrons. The number of hydrogen-bond acceptors (Lipinski definition) is 4. The first-order chi connectivity index (χ1) is 8.22. The fraction of sp³-hybridized carbons (Fsp3) is 0.833. The molecule has 5 heteroatoms. The van der Waals surface area contributed by atoms with Crippen LogP contribution in [0.2, 0.25) is 0 Å². The van der Waals surface area contributed by atoms with E-state index in [9.17, 15) is 0 Å². The van der Waals surface area contributed by atoms with Crippen molar-refractivity contribution in [1.29, 1.82) is 0 Å². The number of nitrogens with zero attached hydrogens (tertiary/aromatic N) is 3. The molecule has 5 nitrogen and oxygen atoms in total. The second kappa shape index (κ2) is 5.60. The summed E-state index contributed by atoms with van der Waals surface area (Å²) < 4.78 is 1.80. The van der Waals surface area contributed by atoms with E-state index in [2.05, 4.69) is 22.6 Å². The van der Waals surface area contributed by atoms with Crippen molar-refractivity contribution in [3.8, 4) is 0 Å². The summed E-state index contributed by atoms with van der Waals surface area (Å²) in [7, 11) is 0. The summed E-state index contributed by atoms with van der Waals surface area (Å²) in [6.45, 7) is 4.01. The van der Waals surface area contributed by atoms with Crippen LogP contribution in [0, 0.1) is 0 Å². The maximum Gasteiger partial charge on any atom is 0.0965 e. The highest BCUT2D eigenvalue weighted by atomic mass is 16.3. The van der Waals surface area contributed by atoms with Crippen molar-refractivity contribution in [1.82, 2.24) is 20.3 Å². The summed E-state index contributed by atoms with van der Waals surface area (Å²) in [6.07, 6.45) is 7.85. The molecule has 2 N–H and O–H groups in total. The van der Waals surface area contributed by atoms with Gasteiger partial charge in [-0.1, -0.05) is 18.1 Å². The lowest BCUT2D eigenvalue weighted by atomic mass is 10.0. The van der Waals surface area contributed by atoms with Gasteiger partial charge in [-0.2, -0.15) is 0 Å². The van der Waals surface area contributed by atoms with E-state index in [-0.39, 0.29) is 12.1 Å². The van der Waals surface area contributed by atoms with Gasteiger partial charge in [0, 0.05) is 31.4 Å². The second-order valence-corrected chi connectivity index (χ2v) is 5.17. The Labute approximate surface area is 102 Å². The molecule has 96 valence electrons. The van der Waals surface area contributed by atoms with Crippen LogP contribution in [-0.2, 0) is 13.1 Å². The molecular formula is C12H22N4O. The van der Waals surface area contributed by atoms with Gasteiger partial charge in [0.1, 0.15) is 0 Å². The lowest BCUT2D eigenvalue weighted by molar-refractivity contribution is 0.276. The average Bonchev–Trinajstić information content (AvgIpc) is 2.94. The highest BCUT2D eigenvalue weighted by Gasteiger charge is 2.27. The van der Waals surface area contributed by atoms with Gasteiger partial charge >= 0.3 is 0 Å². The van der Waals surface area contributed by atoms with Crippen molar-refractivity contribution in [2.45, 2.75) is 57.7 Å². The highest BCUT2D eigenvalue weighted by Crippen LogP contribution is 2.28. The molecule has 0 aliphatic heterocycles. The topological polar surface area (TPSA) is 63.0 Å². The molecule has 0 spiro atoms. The van der Waals surface area contributed by atoms with Crippen LogP contribution in [0.25, 0.3) is 0 Å². The highest BCUT2D eigenvalue weighted by molar-refractivity contribution is 4.96. The van der Waals surface area contributed by atoms with Crippen molar-refractivity contribution in [2.75, 3.05) is 6.61 Å². The number of hydrogen-bond donors (Lipinski definition) is 2. The Morgan fingerprint density at radius 3 is 2.94 bits per heavy atom. The third kappa shape index (κ3) is 3.51. The van der Waals surface area contributed by atoms with Crippen LogP contribution < -0.4 is 5.32 Å². The van der Waals surface area contributed by atoms with E-state index in [4.69, 9.17) is 5.11 Å². The molecule has 0 atom stereocenters. The minimum absolute atomic E-state index is 0.200. The number of aliphatic hydroxyl groups excluding tert-OH is 1. The largest absolute Gasteiger partial charge is 0.396 e. The maximum atomic E-state index is 8.74. The average molecular weight is 238 g/mol. The molecule has 0 unspecified atom stereocenters. The molecule has 1 aliphatic rings. The van der Waals surface area contributed by atoms with Gasteiger partial charge in [-0.15, -0.1) is 5.10 Å². The zero-order chi connectivity index (χ0) is 12.1. The van der Waals surface area contributed by atoms with Crippen LogP contribution in [0.5, 0.6) is 0 Å². The standard InChI is InChI=1S/C12H22N4O/c1-12(5-2-3-6-12)13-9-11-10-16(15-14-11)7-4-8-17/h10,13,17H,2-9H2,1H3. The van der Waals surface area contributed by atoms with E-state index in [1.165, 1.54) is 25.7 Å². The number of aromatic nitrogens is 3. The van der Waals surface area contributed by atoms with E-state index in [1.54, 1.807) is 4.68 Å². The molecule has 2 rings (SSSR count). The van der Waals surface area contributed by atoms with Crippen LogP contribution >= 0.6 is 0 Å². The zero-order valence-electron chi connectivity index (χ0n) is 10.5. The lowest BCUT2D eigenvalue weighted by Gasteiger charge is -2.24. The number of rotatable bonds is 6. The molecule has 0 aromatic carbocycles. The second-order valence-electron chi connectivity index (χ2n) is 5.17. The molecule has 0 amide bonds.